The number of aromatic amines is 1. The minimum Gasteiger partial charge on any atom is -0.320 e. The van der Waals surface area contributed by atoms with Gasteiger partial charge in [-0.25, -0.2) is 0 Å². The second-order valence-electron chi connectivity index (χ2n) is 6.27. The summed E-state index contributed by atoms with van der Waals surface area (Å²) in [6.45, 7) is 10.3. The van der Waals surface area contributed by atoms with Gasteiger partial charge in [-0.1, -0.05) is 34.6 Å². The molecule has 5 nitrogen and oxygen atoms in total. The van der Waals surface area contributed by atoms with Gasteiger partial charge in [0.25, 0.3) is 0 Å². The van der Waals surface area contributed by atoms with Crippen molar-refractivity contribution in [3.8, 4) is 0 Å². The average Bonchev–Trinajstić information content (AvgIpc) is 2.61. The fourth-order valence-electron chi connectivity index (χ4n) is 1.60. The Labute approximate surface area is 109 Å². The van der Waals surface area contributed by atoms with Gasteiger partial charge in [-0.15, -0.1) is 0 Å². The van der Waals surface area contributed by atoms with Crippen LogP contribution in [0.5, 0.6) is 0 Å². The molecule has 0 aliphatic rings. The third kappa shape index (κ3) is 4.49. The van der Waals surface area contributed by atoms with Gasteiger partial charge in [0.05, 0.1) is 6.04 Å². The fourth-order valence-corrected chi connectivity index (χ4v) is 1.60. The van der Waals surface area contributed by atoms with Gasteiger partial charge in [0.2, 0.25) is 5.91 Å². The highest BCUT2D eigenvalue weighted by Gasteiger charge is 2.19. The largest absolute Gasteiger partial charge is 0.320 e. The predicted octanol–water partition coefficient (Wildman–Crippen LogP) is 1.92. The smallest absolute Gasteiger partial charge is 0.242 e. The van der Waals surface area contributed by atoms with E-state index in [2.05, 4.69) is 36.3 Å². The van der Waals surface area contributed by atoms with Gasteiger partial charge in [0.1, 0.15) is 0 Å². The Balaban J connectivity index is 2.62. The number of nitrogens with two attached hydrogens (primary N) is 1. The molecule has 0 aliphatic heterocycles. The maximum Gasteiger partial charge on any atom is 0.242 e. The molecule has 1 amide bonds. The lowest BCUT2D eigenvalue weighted by atomic mass is 9.91. The summed E-state index contributed by atoms with van der Waals surface area (Å²) in [5.41, 5.74) is 6.96. The number of nitrogens with one attached hydrogen (secondary N) is 2. The van der Waals surface area contributed by atoms with Gasteiger partial charge in [-0.05, 0) is 17.8 Å². The Morgan fingerprint density at radius 1 is 1.50 bits per heavy atom. The normalized spacial score (nSPS) is 13.7. The van der Waals surface area contributed by atoms with Gasteiger partial charge in [0.15, 0.2) is 5.82 Å². The molecule has 102 valence electrons. The number of hydrogen-bond acceptors (Lipinski definition) is 3. The molecule has 1 rings (SSSR count). The van der Waals surface area contributed by atoms with E-state index in [-0.39, 0.29) is 17.2 Å². The summed E-state index contributed by atoms with van der Waals surface area (Å²) < 4.78 is 0. The first kappa shape index (κ1) is 14.7. The summed E-state index contributed by atoms with van der Waals surface area (Å²) in [4.78, 5) is 11.8. The molecule has 0 saturated heterocycles. The molecule has 1 atom stereocenters. The van der Waals surface area contributed by atoms with Gasteiger partial charge in [0, 0.05) is 11.8 Å². The van der Waals surface area contributed by atoms with E-state index < -0.39 is 6.04 Å². The predicted molar refractivity (Wildman–Crippen MR) is 73.2 cm³/mol. The molecule has 4 N–H and O–H groups in total. The van der Waals surface area contributed by atoms with Gasteiger partial charge in [-0.2, -0.15) is 5.10 Å². The number of hydrogen-bond donors (Lipinski definition) is 3. The SMILES string of the molecule is CC(C)[C@H](N)C(=O)Nc1cc(CC(C)(C)C)[nH]n1. The second-order valence-corrected chi connectivity index (χ2v) is 6.27. The number of aromatic nitrogens is 2. The topological polar surface area (TPSA) is 83.8 Å². The molecule has 0 bridgehead atoms. The molecule has 0 fully saturated rings. The molecule has 1 aromatic rings. The number of nitrogens with zero attached hydrogens (tertiary/aromatic N) is 1. The number of carbonyl (C=O) groups excluding carboxylic acids is 1. The van der Waals surface area contributed by atoms with Crippen molar-refractivity contribution in [3.63, 3.8) is 0 Å². The van der Waals surface area contributed by atoms with Crippen molar-refractivity contribution in [2.24, 2.45) is 17.1 Å². The summed E-state index contributed by atoms with van der Waals surface area (Å²) in [5, 5.41) is 9.72. The average molecular weight is 252 g/mol. The van der Waals surface area contributed by atoms with Gasteiger partial charge >= 0.3 is 0 Å². The highest BCUT2D eigenvalue weighted by atomic mass is 16.2. The fraction of sp³-hybridized carbons (Fsp3) is 0.692. The van der Waals surface area contributed by atoms with Crippen LogP contribution in [-0.2, 0) is 11.2 Å². The molecular weight excluding hydrogens is 228 g/mol. The molecule has 5 heteroatoms. The van der Waals surface area contributed by atoms with E-state index >= 15 is 0 Å². The van der Waals surface area contributed by atoms with Crippen molar-refractivity contribution < 1.29 is 4.79 Å². The minimum atomic E-state index is -0.507. The second kappa shape index (κ2) is 5.52. The van der Waals surface area contributed by atoms with E-state index in [1.54, 1.807) is 0 Å². The first-order valence-corrected chi connectivity index (χ1v) is 6.30. The zero-order valence-corrected chi connectivity index (χ0v) is 11.9. The van der Waals surface area contributed by atoms with Crippen molar-refractivity contribution in [3.05, 3.63) is 11.8 Å². The third-order valence-electron chi connectivity index (χ3n) is 2.62. The van der Waals surface area contributed by atoms with Crippen molar-refractivity contribution in [1.29, 1.82) is 0 Å². The monoisotopic (exact) mass is 252 g/mol. The molecule has 1 aromatic heterocycles. The first-order valence-electron chi connectivity index (χ1n) is 6.30. The highest BCUT2D eigenvalue weighted by Crippen LogP contribution is 2.20. The lowest BCUT2D eigenvalue weighted by Gasteiger charge is -2.16. The standard InChI is InChI=1S/C13H24N4O/c1-8(2)11(14)12(18)15-10-6-9(16-17-10)7-13(3,4)5/h6,8,11H,7,14H2,1-5H3,(H2,15,16,17,18)/t11-/m0/s1. The van der Waals surface area contributed by atoms with Gasteiger partial charge in [-0.3, -0.25) is 9.89 Å². The van der Waals surface area contributed by atoms with E-state index in [4.69, 9.17) is 5.73 Å². The molecule has 0 radical (unpaired) electrons. The molecule has 18 heavy (non-hydrogen) atoms. The number of carbonyl (C=O) groups is 1. The number of H-pyrrole nitrogens is 1. The van der Waals surface area contributed by atoms with E-state index in [1.165, 1.54) is 0 Å². The Morgan fingerprint density at radius 3 is 2.61 bits per heavy atom. The van der Waals surface area contributed by atoms with Gasteiger partial charge < -0.3 is 11.1 Å². The van der Waals surface area contributed by atoms with Crippen LogP contribution in [0.3, 0.4) is 0 Å². The lowest BCUT2D eigenvalue weighted by Crippen LogP contribution is -2.39. The van der Waals surface area contributed by atoms with Crippen molar-refractivity contribution in [2.45, 2.75) is 47.1 Å². The maximum absolute atomic E-state index is 11.8. The van der Waals surface area contributed by atoms with Crippen LogP contribution in [0.1, 0.15) is 40.3 Å². The minimum absolute atomic E-state index is 0.109. The molecular formula is C13H24N4O. The van der Waals surface area contributed by atoms with E-state index in [9.17, 15) is 4.79 Å². The Morgan fingerprint density at radius 2 is 2.11 bits per heavy atom. The summed E-state index contributed by atoms with van der Waals surface area (Å²) in [5.74, 6) is 0.451. The van der Waals surface area contributed by atoms with Crippen LogP contribution < -0.4 is 11.1 Å². The number of amides is 1. The molecule has 0 aliphatic carbocycles. The highest BCUT2D eigenvalue weighted by molar-refractivity contribution is 5.94. The van der Waals surface area contributed by atoms with Crippen molar-refractivity contribution >= 4 is 11.7 Å². The molecule has 0 spiro atoms. The number of rotatable bonds is 4. The van der Waals surface area contributed by atoms with E-state index in [1.807, 2.05) is 19.9 Å². The summed E-state index contributed by atoms with van der Waals surface area (Å²) in [7, 11) is 0. The zero-order chi connectivity index (χ0) is 13.9. The van der Waals surface area contributed by atoms with E-state index in [0.717, 1.165) is 12.1 Å². The van der Waals surface area contributed by atoms with Crippen LogP contribution in [0.25, 0.3) is 0 Å². The summed E-state index contributed by atoms with van der Waals surface area (Å²) in [6.07, 6.45) is 0.881. The van der Waals surface area contributed by atoms with Crippen LogP contribution in [0, 0.1) is 11.3 Å². The summed E-state index contributed by atoms with van der Waals surface area (Å²) >= 11 is 0. The quantitative estimate of drug-likeness (QED) is 0.765. The Bertz CT molecular complexity index is 403. The van der Waals surface area contributed by atoms with Crippen LogP contribution in [-0.4, -0.2) is 22.1 Å². The van der Waals surface area contributed by atoms with E-state index in [0.29, 0.717) is 5.82 Å². The first-order chi connectivity index (χ1) is 8.19. The van der Waals surface area contributed by atoms with Crippen LogP contribution >= 0.6 is 0 Å². The molecule has 0 aromatic carbocycles. The Kier molecular flexibility index (Phi) is 4.51. The maximum atomic E-state index is 11.8. The molecule has 1 heterocycles. The molecule has 0 saturated carbocycles. The van der Waals surface area contributed by atoms with Crippen molar-refractivity contribution in [1.82, 2.24) is 10.2 Å². The number of anilines is 1. The zero-order valence-electron chi connectivity index (χ0n) is 11.9. The molecule has 0 unspecified atom stereocenters. The lowest BCUT2D eigenvalue weighted by molar-refractivity contribution is -0.118. The van der Waals surface area contributed by atoms with Crippen molar-refractivity contribution in [2.75, 3.05) is 5.32 Å². The van der Waals surface area contributed by atoms with Crippen LogP contribution in [0.15, 0.2) is 6.07 Å². The third-order valence-corrected chi connectivity index (χ3v) is 2.62. The summed E-state index contributed by atoms with van der Waals surface area (Å²) in [6, 6.07) is 1.35. The van der Waals surface area contributed by atoms with Crippen LogP contribution in [0.4, 0.5) is 5.82 Å². The van der Waals surface area contributed by atoms with Crippen LogP contribution in [0.2, 0.25) is 0 Å². The Hall–Kier alpha value is -1.36.